The number of ketones is 1. The van der Waals surface area contributed by atoms with Gasteiger partial charge < -0.3 is 14.8 Å². The van der Waals surface area contributed by atoms with E-state index in [-0.39, 0.29) is 18.8 Å². The van der Waals surface area contributed by atoms with Gasteiger partial charge in [0.2, 0.25) is 5.91 Å². The lowest BCUT2D eigenvalue weighted by atomic mass is 9.99. The molecule has 0 aliphatic rings. The van der Waals surface area contributed by atoms with Crippen molar-refractivity contribution >= 4 is 17.7 Å². The molecule has 0 radical (unpaired) electrons. The largest absolute Gasteiger partial charge is 0.467 e. The highest BCUT2D eigenvalue weighted by Gasteiger charge is 2.22. The molecule has 6 nitrogen and oxygen atoms in total. The Hall–Kier alpha value is -3.77. The highest BCUT2D eigenvalue weighted by atomic mass is 16.5. The van der Waals surface area contributed by atoms with Crippen molar-refractivity contribution in [1.82, 2.24) is 5.32 Å². The van der Waals surface area contributed by atoms with E-state index in [1.807, 2.05) is 48.5 Å². The van der Waals surface area contributed by atoms with E-state index in [1.54, 1.807) is 36.4 Å². The van der Waals surface area contributed by atoms with E-state index < -0.39 is 17.9 Å². The van der Waals surface area contributed by atoms with Gasteiger partial charge in [0.25, 0.3) is 0 Å². The van der Waals surface area contributed by atoms with Crippen LogP contribution in [0.5, 0.6) is 0 Å². The predicted molar refractivity (Wildman–Crippen MR) is 120 cm³/mol. The zero-order valence-corrected chi connectivity index (χ0v) is 17.8. The summed E-state index contributed by atoms with van der Waals surface area (Å²) in [6, 6.07) is 24.6. The van der Waals surface area contributed by atoms with Crippen LogP contribution in [0.2, 0.25) is 0 Å². The minimum atomic E-state index is -0.858. The summed E-state index contributed by atoms with van der Waals surface area (Å²) in [5, 5.41) is 2.66. The van der Waals surface area contributed by atoms with Crippen molar-refractivity contribution in [3.8, 4) is 0 Å². The molecule has 0 aliphatic carbocycles. The van der Waals surface area contributed by atoms with E-state index in [2.05, 4.69) is 5.32 Å². The molecule has 0 saturated heterocycles. The van der Waals surface area contributed by atoms with E-state index in [1.165, 1.54) is 7.11 Å². The molecule has 164 valence electrons. The summed E-state index contributed by atoms with van der Waals surface area (Å²) in [5.41, 5.74) is 2.90. The highest BCUT2D eigenvalue weighted by molar-refractivity contribution is 6.08. The number of esters is 1. The van der Waals surface area contributed by atoms with Crippen LogP contribution in [0.25, 0.3) is 0 Å². The molecule has 0 heterocycles. The average molecular weight is 431 g/mol. The van der Waals surface area contributed by atoms with Gasteiger partial charge >= 0.3 is 5.97 Å². The number of amides is 1. The summed E-state index contributed by atoms with van der Waals surface area (Å²) in [5.74, 6) is -1.04. The molecule has 6 heteroatoms. The standard InChI is InChI=1S/C26H25NO5/c1-31-26(30)23(27-24(28)18-32-17-20-8-4-2-5-9-20)16-19-12-14-22(15-13-19)25(29)21-10-6-3-7-11-21/h2-15,23H,16-18H2,1H3,(H,27,28)/t23-/m1/s1. The zero-order valence-electron chi connectivity index (χ0n) is 17.8. The normalized spacial score (nSPS) is 11.4. The van der Waals surface area contributed by atoms with Crippen LogP contribution in [-0.2, 0) is 32.1 Å². The maximum atomic E-state index is 12.5. The lowest BCUT2D eigenvalue weighted by molar-refractivity contribution is -0.145. The van der Waals surface area contributed by atoms with Crippen molar-refractivity contribution in [3.05, 3.63) is 107 Å². The van der Waals surface area contributed by atoms with Gasteiger partial charge in [-0.25, -0.2) is 4.79 Å². The van der Waals surface area contributed by atoms with Crippen LogP contribution in [0.1, 0.15) is 27.0 Å². The monoisotopic (exact) mass is 431 g/mol. The van der Waals surface area contributed by atoms with Crippen LogP contribution >= 0.6 is 0 Å². The minimum Gasteiger partial charge on any atom is -0.467 e. The maximum absolute atomic E-state index is 12.5. The van der Waals surface area contributed by atoms with Gasteiger partial charge in [0.05, 0.1) is 13.7 Å². The molecular formula is C26H25NO5. The third-order valence-corrected chi connectivity index (χ3v) is 4.86. The number of rotatable bonds is 10. The van der Waals surface area contributed by atoms with E-state index >= 15 is 0 Å². The summed E-state index contributed by atoms with van der Waals surface area (Å²) in [7, 11) is 1.27. The fourth-order valence-electron chi connectivity index (χ4n) is 3.19. The summed E-state index contributed by atoms with van der Waals surface area (Å²) in [4.78, 5) is 37.0. The summed E-state index contributed by atoms with van der Waals surface area (Å²) in [6.07, 6.45) is 0.233. The summed E-state index contributed by atoms with van der Waals surface area (Å²) >= 11 is 0. The topological polar surface area (TPSA) is 81.7 Å². The van der Waals surface area contributed by atoms with Gasteiger partial charge in [0.15, 0.2) is 5.78 Å². The van der Waals surface area contributed by atoms with Gasteiger partial charge in [0, 0.05) is 17.5 Å². The van der Waals surface area contributed by atoms with E-state index in [9.17, 15) is 14.4 Å². The van der Waals surface area contributed by atoms with Crippen molar-refractivity contribution in [2.24, 2.45) is 0 Å². The molecule has 0 saturated carbocycles. The van der Waals surface area contributed by atoms with Crippen LogP contribution in [0.4, 0.5) is 0 Å². The first-order valence-electron chi connectivity index (χ1n) is 10.2. The third kappa shape index (κ3) is 6.62. The van der Waals surface area contributed by atoms with Crippen LogP contribution < -0.4 is 5.32 Å². The molecular weight excluding hydrogens is 406 g/mol. The Morgan fingerprint density at radius 2 is 1.38 bits per heavy atom. The quantitative estimate of drug-likeness (QED) is 0.393. The van der Waals surface area contributed by atoms with Gasteiger partial charge in [-0.05, 0) is 11.1 Å². The number of nitrogens with one attached hydrogen (secondary N) is 1. The number of benzene rings is 3. The smallest absolute Gasteiger partial charge is 0.328 e. The SMILES string of the molecule is COC(=O)[C@@H](Cc1ccc(C(=O)c2ccccc2)cc1)NC(=O)COCc1ccccc1. The highest BCUT2D eigenvalue weighted by Crippen LogP contribution is 2.13. The second kappa shape index (κ2) is 11.6. The van der Waals surface area contributed by atoms with Crippen LogP contribution in [-0.4, -0.2) is 37.4 Å². The molecule has 1 atom stereocenters. The Morgan fingerprint density at radius 1 is 0.781 bits per heavy atom. The van der Waals surface area contributed by atoms with Crippen LogP contribution in [0.15, 0.2) is 84.9 Å². The molecule has 0 aliphatic heterocycles. The Kier molecular flexibility index (Phi) is 8.29. The molecule has 3 aromatic rings. The second-order valence-corrected chi connectivity index (χ2v) is 7.22. The number of methoxy groups -OCH3 is 1. The van der Waals surface area contributed by atoms with Crippen molar-refractivity contribution in [2.75, 3.05) is 13.7 Å². The first-order chi connectivity index (χ1) is 15.6. The predicted octanol–water partition coefficient (Wildman–Crippen LogP) is 3.33. The lowest BCUT2D eigenvalue weighted by Crippen LogP contribution is -2.44. The Morgan fingerprint density at radius 3 is 2.00 bits per heavy atom. The van der Waals surface area contributed by atoms with Crippen LogP contribution in [0, 0.1) is 0 Å². The molecule has 1 amide bonds. The van der Waals surface area contributed by atoms with Crippen LogP contribution in [0.3, 0.4) is 0 Å². The average Bonchev–Trinajstić information content (AvgIpc) is 2.84. The van der Waals surface area contributed by atoms with Crippen molar-refractivity contribution in [3.63, 3.8) is 0 Å². The van der Waals surface area contributed by atoms with Gasteiger partial charge in [-0.1, -0.05) is 84.9 Å². The number of hydrogen-bond donors (Lipinski definition) is 1. The minimum absolute atomic E-state index is 0.0782. The summed E-state index contributed by atoms with van der Waals surface area (Å²) in [6.45, 7) is 0.126. The Labute approximate surface area is 187 Å². The molecule has 0 fully saturated rings. The third-order valence-electron chi connectivity index (χ3n) is 4.86. The molecule has 1 N–H and O–H groups in total. The molecule has 0 bridgehead atoms. The number of carbonyl (C=O) groups excluding carboxylic acids is 3. The number of ether oxygens (including phenoxy) is 2. The van der Waals surface area contributed by atoms with Crippen molar-refractivity contribution in [2.45, 2.75) is 19.1 Å². The zero-order chi connectivity index (χ0) is 22.8. The fraction of sp³-hybridized carbons (Fsp3) is 0.192. The fourth-order valence-corrected chi connectivity index (χ4v) is 3.19. The van der Waals surface area contributed by atoms with E-state index in [0.29, 0.717) is 17.7 Å². The molecule has 0 aromatic heterocycles. The van der Waals surface area contributed by atoms with Gasteiger partial charge in [0.1, 0.15) is 12.6 Å². The molecule has 32 heavy (non-hydrogen) atoms. The Bertz CT molecular complexity index is 1030. The van der Waals surface area contributed by atoms with Gasteiger partial charge in [-0.3, -0.25) is 9.59 Å². The van der Waals surface area contributed by atoms with Crippen molar-refractivity contribution < 1.29 is 23.9 Å². The number of carbonyl (C=O) groups is 3. The second-order valence-electron chi connectivity index (χ2n) is 7.22. The van der Waals surface area contributed by atoms with E-state index in [4.69, 9.17) is 9.47 Å². The Balaban J connectivity index is 1.57. The molecule has 3 aromatic carbocycles. The van der Waals surface area contributed by atoms with Gasteiger partial charge in [-0.15, -0.1) is 0 Å². The maximum Gasteiger partial charge on any atom is 0.328 e. The first kappa shape index (κ1) is 22.9. The number of hydrogen-bond acceptors (Lipinski definition) is 5. The van der Waals surface area contributed by atoms with E-state index in [0.717, 1.165) is 11.1 Å². The van der Waals surface area contributed by atoms with Gasteiger partial charge in [-0.2, -0.15) is 0 Å². The molecule has 0 unspecified atom stereocenters. The molecule has 0 spiro atoms. The summed E-state index contributed by atoms with van der Waals surface area (Å²) < 4.78 is 10.3. The molecule has 3 rings (SSSR count). The lowest BCUT2D eigenvalue weighted by Gasteiger charge is -2.17. The first-order valence-corrected chi connectivity index (χ1v) is 10.2. The van der Waals surface area contributed by atoms with Crippen molar-refractivity contribution in [1.29, 1.82) is 0 Å².